The highest BCUT2D eigenvalue weighted by atomic mass is 35.5. The zero-order valence-electron chi connectivity index (χ0n) is 22.7. The molecule has 1 saturated heterocycles. The van der Waals surface area contributed by atoms with Crippen molar-refractivity contribution in [3.63, 3.8) is 0 Å². The van der Waals surface area contributed by atoms with Gasteiger partial charge < -0.3 is 19.6 Å². The zero-order chi connectivity index (χ0) is 27.9. The third-order valence-corrected chi connectivity index (χ3v) is 9.03. The SMILES string of the molecule is CC1CC(=O)N(C[C@@H]2c3c(OCc4cn(C)nn4)ccc(Cl)c3CCN2C(=O)[C@@H]2CCCC[C@]2(C)C(=O)O)C1. The Morgan fingerprint density at radius 1 is 1.28 bits per heavy atom. The maximum absolute atomic E-state index is 14.3. The summed E-state index contributed by atoms with van der Waals surface area (Å²) in [6.45, 7) is 5.24. The Hall–Kier alpha value is -3.14. The Morgan fingerprint density at radius 3 is 2.74 bits per heavy atom. The fourth-order valence-corrected chi connectivity index (χ4v) is 6.77. The van der Waals surface area contributed by atoms with Crippen LogP contribution in [0.3, 0.4) is 0 Å². The van der Waals surface area contributed by atoms with Gasteiger partial charge in [-0.1, -0.05) is 36.6 Å². The van der Waals surface area contributed by atoms with Crippen molar-refractivity contribution in [1.29, 1.82) is 0 Å². The summed E-state index contributed by atoms with van der Waals surface area (Å²) in [7, 11) is 1.78. The zero-order valence-corrected chi connectivity index (χ0v) is 23.5. The summed E-state index contributed by atoms with van der Waals surface area (Å²) in [5.74, 6) is -0.885. The molecule has 1 N–H and O–H groups in total. The molecule has 1 saturated carbocycles. The van der Waals surface area contributed by atoms with Crippen molar-refractivity contribution < 1.29 is 24.2 Å². The lowest BCUT2D eigenvalue weighted by Gasteiger charge is -2.45. The van der Waals surface area contributed by atoms with Gasteiger partial charge in [-0.05, 0) is 49.8 Å². The van der Waals surface area contributed by atoms with Gasteiger partial charge >= 0.3 is 5.97 Å². The minimum atomic E-state index is -1.13. The third-order valence-electron chi connectivity index (χ3n) is 8.68. The number of aliphatic carboxylic acids is 1. The Kier molecular flexibility index (Phi) is 7.59. The van der Waals surface area contributed by atoms with E-state index in [9.17, 15) is 19.5 Å². The van der Waals surface area contributed by atoms with Gasteiger partial charge in [0, 0.05) is 43.7 Å². The number of carbonyl (C=O) groups is 3. The molecule has 1 unspecified atom stereocenters. The molecule has 210 valence electrons. The maximum atomic E-state index is 14.3. The van der Waals surface area contributed by atoms with Crippen LogP contribution in [0, 0.1) is 17.3 Å². The summed E-state index contributed by atoms with van der Waals surface area (Å²) in [4.78, 5) is 43.1. The van der Waals surface area contributed by atoms with Crippen LogP contribution in [0.2, 0.25) is 5.02 Å². The summed E-state index contributed by atoms with van der Waals surface area (Å²) in [6, 6.07) is 3.09. The number of rotatable bonds is 7. The molecule has 4 atom stereocenters. The lowest BCUT2D eigenvalue weighted by molar-refractivity contribution is -0.162. The number of carbonyl (C=O) groups excluding carboxylic acids is 2. The van der Waals surface area contributed by atoms with E-state index in [-0.39, 0.29) is 24.3 Å². The first-order valence-electron chi connectivity index (χ1n) is 13.7. The van der Waals surface area contributed by atoms with E-state index in [4.69, 9.17) is 16.3 Å². The van der Waals surface area contributed by atoms with Gasteiger partial charge in [0.05, 0.1) is 23.6 Å². The number of amides is 2. The van der Waals surface area contributed by atoms with Gasteiger partial charge in [-0.25, -0.2) is 0 Å². The van der Waals surface area contributed by atoms with Crippen LogP contribution in [0.15, 0.2) is 18.3 Å². The average Bonchev–Trinajstić information content (AvgIpc) is 3.46. The number of likely N-dealkylation sites (tertiary alicyclic amines) is 1. The fraction of sp³-hybridized carbons (Fsp3) is 0.607. The molecule has 39 heavy (non-hydrogen) atoms. The first-order chi connectivity index (χ1) is 18.6. The molecule has 10 nitrogen and oxygen atoms in total. The Morgan fingerprint density at radius 2 is 2.08 bits per heavy atom. The van der Waals surface area contributed by atoms with Gasteiger partial charge in [0.1, 0.15) is 18.1 Å². The van der Waals surface area contributed by atoms with Crippen LogP contribution in [0.25, 0.3) is 0 Å². The third kappa shape index (κ3) is 5.23. The second-order valence-electron chi connectivity index (χ2n) is 11.5. The normalized spacial score (nSPS) is 27.0. The van der Waals surface area contributed by atoms with E-state index in [0.29, 0.717) is 61.8 Å². The molecule has 0 bridgehead atoms. The number of hydrogen-bond acceptors (Lipinski definition) is 6. The predicted octanol–water partition coefficient (Wildman–Crippen LogP) is 3.62. The second kappa shape index (κ2) is 10.8. The van der Waals surface area contributed by atoms with E-state index >= 15 is 0 Å². The molecular weight excluding hydrogens is 522 g/mol. The second-order valence-corrected chi connectivity index (χ2v) is 11.9. The van der Waals surface area contributed by atoms with Crippen LogP contribution in [0.4, 0.5) is 0 Å². The largest absolute Gasteiger partial charge is 0.487 e. The first kappa shape index (κ1) is 27.4. The molecule has 11 heteroatoms. The predicted molar refractivity (Wildman–Crippen MR) is 143 cm³/mol. The summed E-state index contributed by atoms with van der Waals surface area (Å²) in [6.07, 6.45) is 5.36. The Balaban J connectivity index is 1.53. The molecule has 3 aliphatic rings. The number of aromatic nitrogens is 3. The number of benzene rings is 1. The smallest absolute Gasteiger partial charge is 0.310 e. The number of hydrogen-bond donors (Lipinski definition) is 1. The van der Waals surface area contributed by atoms with E-state index in [1.54, 1.807) is 41.9 Å². The van der Waals surface area contributed by atoms with Gasteiger partial charge in [0.2, 0.25) is 11.8 Å². The van der Waals surface area contributed by atoms with Gasteiger partial charge in [-0.2, -0.15) is 0 Å². The molecule has 1 aromatic heterocycles. The van der Waals surface area contributed by atoms with E-state index in [0.717, 1.165) is 24.0 Å². The van der Waals surface area contributed by atoms with Crippen LogP contribution in [0.5, 0.6) is 5.75 Å². The summed E-state index contributed by atoms with van der Waals surface area (Å²) < 4.78 is 7.84. The first-order valence-corrected chi connectivity index (χ1v) is 14.1. The number of halogens is 1. The summed E-state index contributed by atoms with van der Waals surface area (Å²) in [5.41, 5.74) is 1.21. The highest BCUT2D eigenvalue weighted by Gasteiger charge is 2.50. The van der Waals surface area contributed by atoms with Crippen LogP contribution in [-0.2, 0) is 34.5 Å². The maximum Gasteiger partial charge on any atom is 0.310 e. The monoisotopic (exact) mass is 557 g/mol. The standard InChI is InChI=1S/C28H36ClN5O5/c1-17-12-24(35)33(13-17)15-22-25-19(21(29)7-8-23(25)39-16-18-14-32(3)31-30-18)9-11-34(22)26(36)20-6-4-5-10-28(20,2)27(37)38/h7-8,14,17,20,22H,4-6,9-13,15-16H2,1-3H3,(H,37,38)/t17?,20-,22+,28-/m0/s1. The van der Waals surface area contributed by atoms with Gasteiger partial charge in [0.25, 0.3) is 0 Å². The molecule has 5 rings (SSSR count). The number of carboxylic acids is 1. The van der Waals surface area contributed by atoms with E-state index < -0.39 is 23.3 Å². The number of carboxylic acid groups (broad SMARTS) is 1. The van der Waals surface area contributed by atoms with Crippen molar-refractivity contribution in [2.24, 2.45) is 24.3 Å². The van der Waals surface area contributed by atoms with E-state index in [1.807, 2.05) is 11.8 Å². The van der Waals surface area contributed by atoms with Crippen molar-refractivity contribution in [3.8, 4) is 5.75 Å². The molecule has 2 fully saturated rings. The van der Waals surface area contributed by atoms with Crippen molar-refractivity contribution >= 4 is 29.4 Å². The molecule has 2 aromatic rings. The topological polar surface area (TPSA) is 118 Å². The molecule has 1 aromatic carbocycles. The van der Waals surface area contributed by atoms with Crippen molar-refractivity contribution in [2.45, 2.75) is 65.0 Å². The highest BCUT2D eigenvalue weighted by molar-refractivity contribution is 6.31. The van der Waals surface area contributed by atoms with Gasteiger partial charge in [-0.3, -0.25) is 19.1 Å². The minimum Gasteiger partial charge on any atom is -0.487 e. The lowest BCUT2D eigenvalue weighted by atomic mass is 9.66. The van der Waals surface area contributed by atoms with Gasteiger partial charge in [0.15, 0.2) is 0 Å². The summed E-state index contributed by atoms with van der Waals surface area (Å²) >= 11 is 6.69. The van der Waals surface area contributed by atoms with Crippen LogP contribution >= 0.6 is 11.6 Å². The van der Waals surface area contributed by atoms with Crippen molar-refractivity contribution in [1.82, 2.24) is 24.8 Å². The van der Waals surface area contributed by atoms with Crippen LogP contribution in [0.1, 0.15) is 68.8 Å². The number of fused-ring (bicyclic) bond motifs is 1. The molecule has 0 radical (unpaired) electrons. The molecule has 3 heterocycles. The van der Waals surface area contributed by atoms with E-state index in [2.05, 4.69) is 10.3 Å². The Bertz CT molecular complexity index is 1280. The van der Waals surface area contributed by atoms with Crippen LogP contribution < -0.4 is 4.74 Å². The van der Waals surface area contributed by atoms with Crippen LogP contribution in [-0.4, -0.2) is 67.3 Å². The molecule has 2 amide bonds. The quantitative estimate of drug-likeness (QED) is 0.552. The Labute approximate surface area is 233 Å². The fourth-order valence-electron chi connectivity index (χ4n) is 6.51. The minimum absolute atomic E-state index is 0.0547. The van der Waals surface area contributed by atoms with Gasteiger partial charge in [-0.15, -0.1) is 5.10 Å². The number of ether oxygens (including phenoxy) is 1. The summed E-state index contributed by atoms with van der Waals surface area (Å²) in [5, 5.41) is 18.8. The van der Waals surface area contributed by atoms with E-state index in [1.165, 1.54) is 0 Å². The molecule has 2 aliphatic heterocycles. The lowest BCUT2D eigenvalue weighted by Crippen LogP contribution is -2.52. The number of aryl methyl sites for hydroxylation is 1. The van der Waals surface area contributed by atoms with Crippen molar-refractivity contribution in [3.05, 3.63) is 40.2 Å². The molecular formula is C28H36ClN5O5. The molecule has 0 spiro atoms. The average molecular weight is 558 g/mol. The highest BCUT2D eigenvalue weighted by Crippen LogP contribution is 2.46. The molecule has 1 aliphatic carbocycles. The van der Waals surface area contributed by atoms with Crippen molar-refractivity contribution in [2.75, 3.05) is 19.6 Å². The number of nitrogens with zero attached hydrogens (tertiary/aromatic N) is 5.